The predicted octanol–water partition coefficient (Wildman–Crippen LogP) is 2.34. The number of aliphatic hydroxyl groups excluding tert-OH is 1. The van der Waals surface area contributed by atoms with E-state index in [9.17, 15) is 13.9 Å². The lowest BCUT2D eigenvalue weighted by atomic mass is 10.1. The third kappa shape index (κ3) is 3.89. The van der Waals surface area contributed by atoms with Crippen LogP contribution in [0.2, 0.25) is 0 Å². The standard InChI is InChI=1S/C11H12ClF2NO/c1-7(12)5-15-6-11(16)9-4-8(13)2-3-10(9)14/h2-4,11,15-16H,1,5-6H2. The molecule has 0 aromatic heterocycles. The summed E-state index contributed by atoms with van der Waals surface area (Å²) in [6, 6.07) is 2.95. The SMILES string of the molecule is C=C(Cl)CNCC(O)c1cc(F)ccc1F. The molecule has 0 saturated carbocycles. The van der Waals surface area contributed by atoms with Crippen molar-refractivity contribution in [3.8, 4) is 0 Å². The summed E-state index contributed by atoms with van der Waals surface area (Å²) in [7, 11) is 0. The summed E-state index contributed by atoms with van der Waals surface area (Å²) < 4.78 is 26.0. The third-order valence-electron chi connectivity index (χ3n) is 1.97. The topological polar surface area (TPSA) is 32.3 Å². The van der Waals surface area contributed by atoms with Gasteiger partial charge in [-0.2, -0.15) is 0 Å². The Bertz CT molecular complexity index is 384. The number of aliphatic hydroxyl groups is 1. The first-order valence-electron chi connectivity index (χ1n) is 4.67. The summed E-state index contributed by atoms with van der Waals surface area (Å²) in [5, 5.41) is 12.7. The van der Waals surface area contributed by atoms with Crippen LogP contribution in [0.1, 0.15) is 11.7 Å². The molecular formula is C11H12ClF2NO. The first-order valence-corrected chi connectivity index (χ1v) is 5.05. The fourth-order valence-corrected chi connectivity index (χ4v) is 1.32. The molecule has 1 aromatic rings. The third-order valence-corrected chi connectivity index (χ3v) is 2.11. The molecule has 5 heteroatoms. The van der Waals surface area contributed by atoms with E-state index >= 15 is 0 Å². The van der Waals surface area contributed by atoms with Gasteiger partial charge in [-0.05, 0) is 18.2 Å². The summed E-state index contributed by atoms with van der Waals surface area (Å²) in [6.07, 6.45) is -1.12. The van der Waals surface area contributed by atoms with Crippen molar-refractivity contribution in [3.63, 3.8) is 0 Å². The lowest BCUT2D eigenvalue weighted by Gasteiger charge is -2.12. The van der Waals surface area contributed by atoms with Gasteiger partial charge in [0.15, 0.2) is 0 Å². The molecule has 0 aliphatic carbocycles. The van der Waals surface area contributed by atoms with Crippen LogP contribution in [0.3, 0.4) is 0 Å². The minimum atomic E-state index is -1.12. The molecule has 1 rings (SSSR count). The molecule has 0 bridgehead atoms. The van der Waals surface area contributed by atoms with Crippen LogP contribution in [0, 0.1) is 11.6 Å². The van der Waals surface area contributed by atoms with Gasteiger partial charge in [-0.1, -0.05) is 18.2 Å². The van der Waals surface area contributed by atoms with E-state index in [4.69, 9.17) is 11.6 Å². The zero-order valence-corrected chi connectivity index (χ0v) is 9.27. The summed E-state index contributed by atoms with van der Waals surface area (Å²) in [5.41, 5.74) is -0.0762. The van der Waals surface area contributed by atoms with Gasteiger partial charge in [-0.25, -0.2) is 8.78 Å². The van der Waals surface area contributed by atoms with E-state index in [0.29, 0.717) is 11.6 Å². The van der Waals surface area contributed by atoms with Crippen molar-refractivity contribution >= 4 is 11.6 Å². The normalized spacial score (nSPS) is 12.5. The molecule has 0 saturated heterocycles. The number of benzene rings is 1. The van der Waals surface area contributed by atoms with Crippen LogP contribution < -0.4 is 5.32 Å². The Balaban J connectivity index is 2.61. The van der Waals surface area contributed by atoms with Crippen molar-refractivity contribution in [2.75, 3.05) is 13.1 Å². The van der Waals surface area contributed by atoms with Gasteiger partial charge in [-0.3, -0.25) is 0 Å². The summed E-state index contributed by atoms with van der Waals surface area (Å²) >= 11 is 5.49. The van der Waals surface area contributed by atoms with Gasteiger partial charge >= 0.3 is 0 Å². The van der Waals surface area contributed by atoms with Crippen LogP contribution >= 0.6 is 11.6 Å². The van der Waals surface area contributed by atoms with E-state index < -0.39 is 17.7 Å². The van der Waals surface area contributed by atoms with Crippen molar-refractivity contribution < 1.29 is 13.9 Å². The zero-order valence-electron chi connectivity index (χ0n) is 8.51. The Morgan fingerprint density at radius 1 is 1.50 bits per heavy atom. The number of hydrogen-bond donors (Lipinski definition) is 2. The smallest absolute Gasteiger partial charge is 0.129 e. The molecule has 2 nitrogen and oxygen atoms in total. The van der Waals surface area contributed by atoms with Gasteiger partial charge in [0.05, 0.1) is 6.10 Å². The van der Waals surface area contributed by atoms with E-state index in [0.717, 1.165) is 18.2 Å². The van der Waals surface area contributed by atoms with Gasteiger partial charge in [0.25, 0.3) is 0 Å². The van der Waals surface area contributed by atoms with Crippen molar-refractivity contribution in [1.29, 1.82) is 0 Å². The van der Waals surface area contributed by atoms with Gasteiger partial charge in [0.1, 0.15) is 11.6 Å². The van der Waals surface area contributed by atoms with E-state index in [1.165, 1.54) is 0 Å². The second-order valence-electron chi connectivity index (χ2n) is 3.33. The molecule has 1 aromatic carbocycles. The fourth-order valence-electron chi connectivity index (χ4n) is 1.22. The molecule has 1 atom stereocenters. The van der Waals surface area contributed by atoms with E-state index in [2.05, 4.69) is 11.9 Å². The van der Waals surface area contributed by atoms with Crippen LogP contribution in [-0.4, -0.2) is 18.2 Å². The number of halogens is 3. The Morgan fingerprint density at radius 2 is 2.19 bits per heavy atom. The van der Waals surface area contributed by atoms with Crippen molar-refractivity contribution in [3.05, 3.63) is 47.0 Å². The Kier molecular flexibility index (Phi) is 4.86. The minimum Gasteiger partial charge on any atom is -0.387 e. The van der Waals surface area contributed by atoms with Gasteiger partial charge in [0.2, 0.25) is 0 Å². The number of hydrogen-bond acceptors (Lipinski definition) is 2. The van der Waals surface area contributed by atoms with E-state index in [-0.39, 0.29) is 12.1 Å². The highest BCUT2D eigenvalue weighted by molar-refractivity contribution is 6.29. The van der Waals surface area contributed by atoms with Crippen LogP contribution in [0.25, 0.3) is 0 Å². The molecule has 2 N–H and O–H groups in total. The molecular weight excluding hydrogens is 236 g/mol. The lowest BCUT2D eigenvalue weighted by molar-refractivity contribution is 0.171. The van der Waals surface area contributed by atoms with Crippen LogP contribution in [0.15, 0.2) is 29.8 Å². The molecule has 0 aliphatic rings. The summed E-state index contributed by atoms with van der Waals surface area (Å²) in [4.78, 5) is 0. The monoisotopic (exact) mass is 247 g/mol. The maximum absolute atomic E-state index is 13.2. The van der Waals surface area contributed by atoms with Crippen LogP contribution in [-0.2, 0) is 0 Å². The Morgan fingerprint density at radius 3 is 2.81 bits per heavy atom. The molecule has 0 spiro atoms. The fraction of sp³-hybridized carbons (Fsp3) is 0.273. The lowest BCUT2D eigenvalue weighted by Crippen LogP contribution is -2.23. The second kappa shape index (κ2) is 5.94. The predicted molar refractivity (Wildman–Crippen MR) is 59.2 cm³/mol. The first-order chi connectivity index (χ1) is 7.50. The molecule has 0 aliphatic heterocycles. The maximum Gasteiger partial charge on any atom is 0.129 e. The van der Waals surface area contributed by atoms with Crippen molar-refractivity contribution in [1.82, 2.24) is 5.32 Å². The molecule has 1 unspecified atom stereocenters. The first kappa shape index (κ1) is 13.1. The molecule has 0 fully saturated rings. The largest absolute Gasteiger partial charge is 0.387 e. The van der Waals surface area contributed by atoms with E-state index in [1.807, 2.05) is 0 Å². The molecule has 0 heterocycles. The van der Waals surface area contributed by atoms with Crippen molar-refractivity contribution in [2.24, 2.45) is 0 Å². The minimum absolute atomic E-state index is 0.0755. The van der Waals surface area contributed by atoms with Gasteiger partial charge in [0, 0.05) is 23.7 Å². The van der Waals surface area contributed by atoms with Gasteiger partial charge in [-0.15, -0.1) is 0 Å². The molecule has 16 heavy (non-hydrogen) atoms. The highest BCUT2D eigenvalue weighted by Crippen LogP contribution is 2.17. The zero-order chi connectivity index (χ0) is 12.1. The maximum atomic E-state index is 13.2. The second-order valence-corrected chi connectivity index (χ2v) is 3.86. The average Bonchev–Trinajstić information content (AvgIpc) is 2.21. The Labute approximate surface area is 97.5 Å². The quantitative estimate of drug-likeness (QED) is 0.837. The molecule has 0 radical (unpaired) electrons. The molecule has 88 valence electrons. The number of nitrogens with one attached hydrogen (secondary N) is 1. The van der Waals surface area contributed by atoms with E-state index in [1.54, 1.807) is 0 Å². The van der Waals surface area contributed by atoms with Gasteiger partial charge < -0.3 is 10.4 Å². The highest BCUT2D eigenvalue weighted by atomic mass is 35.5. The average molecular weight is 248 g/mol. The van der Waals surface area contributed by atoms with Crippen LogP contribution in [0.5, 0.6) is 0 Å². The van der Waals surface area contributed by atoms with Crippen molar-refractivity contribution in [2.45, 2.75) is 6.10 Å². The highest BCUT2D eigenvalue weighted by Gasteiger charge is 2.13. The number of rotatable bonds is 5. The van der Waals surface area contributed by atoms with Crippen LogP contribution in [0.4, 0.5) is 8.78 Å². The summed E-state index contributed by atoms with van der Waals surface area (Å²) in [5.74, 6) is -1.22. The molecule has 0 amide bonds. The summed E-state index contributed by atoms with van der Waals surface area (Å²) in [6.45, 7) is 3.82. The Hall–Kier alpha value is -0.970.